The fourth-order valence-corrected chi connectivity index (χ4v) is 4.80. The monoisotopic (exact) mass is 404 g/mol. The zero-order valence-electron chi connectivity index (χ0n) is 17.9. The molecule has 0 radical (unpaired) electrons. The van der Waals surface area contributed by atoms with Gasteiger partial charge in [-0.15, -0.1) is 0 Å². The molecule has 158 valence electrons. The van der Waals surface area contributed by atoms with Crippen LogP contribution in [-0.2, 0) is 28.9 Å². The fraction of sp³-hybridized carbons (Fsp3) is 0.462. The first kappa shape index (κ1) is 20.6. The van der Waals surface area contributed by atoms with E-state index in [9.17, 15) is 9.59 Å². The summed E-state index contributed by atoms with van der Waals surface area (Å²) in [5, 5.41) is 2.92. The molecule has 30 heavy (non-hydrogen) atoms. The van der Waals surface area contributed by atoms with Gasteiger partial charge >= 0.3 is 11.8 Å². The Hall–Kier alpha value is -2.62. The van der Waals surface area contributed by atoms with E-state index in [1.165, 1.54) is 29.5 Å². The highest BCUT2D eigenvalue weighted by Gasteiger charge is 2.28. The molecule has 0 spiro atoms. The maximum absolute atomic E-state index is 12.7. The summed E-state index contributed by atoms with van der Waals surface area (Å²) >= 11 is 0. The number of fused-ring (bicyclic) bond motifs is 1. The molecule has 1 fully saturated rings. The molecule has 0 bridgehead atoms. The number of amides is 2. The molecule has 1 saturated heterocycles. The van der Waals surface area contributed by atoms with E-state index in [0.717, 1.165) is 37.7 Å². The Bertz CT molecular complexity index is 885. The first-order chi connectivity index (χ1) is 14.6. The van der Waals surface area contributed by atoms with Crippen molar-refractivity contribution in [2.75, 3.05) is 13.1 Å². The van der Waals surface area contributed by atoms with Crippen LogP contribution in [0.2, 0.25) is 0 Å². The second kappa shape index (κ2) is 9.46. The Labute approximate surface area is 179 Å². The summed E-state index contributed by atoms with van der Waals surface area (Å²) in [6.07, 6.45) is 7.70. The largest absolute Gasteiger partial charge is 0.341 e. The summed E-state index contributed by atoms with van der Waals surface area (Å²) in [6, 6.07) is 16.8. The highest BCUT2D eigenvalue weighted by Crippen LogP contribution is 2.25. The van der Waals surface area contributed by atoms with Gasteiger partial charge in [-0.1, -0.05) is 48.5 Å². The number of nitrogens with one attached hydrogen (secondary N) is 1. The first-order valence-corrected chi connectivity index (χ1v) is 11.4. The van der Waals surface area contributed by atoms with E-state index in [1.54, 1.807) is 4.90 Å². The van der Waals surface area contributed by atoms with E-state index in [2.05, 4.69) is 47.8 Å². The van der Waals surface area contributed by atoms with Gasteiger partial charge in [0, 0.05) is 13.1 Å². The predicted molar refractivity (Wildman–Crippen MR) is 119 cm³/mol. The molecule has 0 aromatic heterocycles. The molecule has 2 aliphatic rings. The smallest absolute Gasteiger partial charge is 0.311 e. The molecule has 1 heterocycles. The van der Waals surface area contributed by atoms with Crippen LogP contribution in [0.5, 0.6) is 0 Å². The molecule has 1 aliphatic carbocycles. The number of aryl methyl sites for hydroxylation is 2. The van der Waals surface area contributed by atoms with Crippen LogP contribution in [0.1, 0.15) is 60.9 Å². The molecular formula is C26H32N2O2. The maximum Gasteiger partial charge on any atom is 0.311 e. The zero-order chi connectivity index (χ0) is 20.9. The van der Waals surface area contributed by atoms with Crippen molar-refractivity contribution in [1.82, 2.24) is 10.2 Å². The average Bonchev–Trinajstić information content (AvgIpc) is 2.79. The quantitative estimate of drug-likeness (QED) is 0.776. The molecule has 2 aromatic rings. The summed E-state index contributed by atoms with van der Waals surface area (Å²) in [5.41, 5.74) is 5.25. The summed E-state index contributed by atoms with van der Waals surface area (Å²) in [7, 11) is 0. The van der Waals surface area contributed by atoms with Gasteiger partial charge in [-0.3, -0.25) is 9.59 Å². The third-order valence-electron chi connectivity index (χ3n) is 6.68. The van der Waals surface area contributed by atoms with Crippen molar-refractivity contribution in [2.24, 2.45) is 5.92 Å². The van der Waals surface area contributed by atoms with Crippen LogP contribution in [0.25, 0.3) is 0 Å². The van der Waals surface area contributed by atoms with Crippen molar-refractivity contribution in [3.05, 3.63) is 70.8 Å². The van der Waals surface area contributed by atoms with Gasteiger partial charge in [-0.05, 0) is 80.0 Å². The number of likely N-dealkylation sites (tertiary alicyclic amines) is 1. The Morgan fingerprint density at radius 1 is 1.00 bits per heavy atom. The number of benzene rings is 2. The molecule has 1 atom stereocenters. The molecular weight excluding hydrogens is 372 g/mol. The summed E-state index contributed by atoms with van der Waals surface area (Å²) < 4.78 is 0. The molecule has 2 amide bonds. The number of piperidine rings is 1. The number of hydrogen-bond donors (Lipinski definition) is 1. The third-order valence-corrected chi connectivity index (χ3v) is 6.68. The second-order valence-electron chi connectivity index (χ2n) is 8.86. The van der Waals surface area contributed by atoms with Gasteiger partial charge in [-0.2, -0.15) is 0 Å². The lowest BCUT2D eigenvalue weighted by molar-refractivity contribution is -0.147. The fourth-order valence-electron chi connectivity index (χ4n) is 4.80. The van der Waals surface area contributed by atoms with Crippen molar-refractivity contribution in [1.29, 1.82) is 0 Å². The van der Waals surface area contributed by atoms with Crippen LogP contribution in [0.4, 0.5) is 0 Å². The topological polar surface area (TPSA) is 49.4 Å². The molecule has 1 N–H and O–H groups in total. The summed E-state index contributed by atoms with van der Waals surface area (Å²) in [4.78, 5) is 27.0. The van der Waals surface area contributed by atoms with Crippen molar-refractivity contribution in [3.63, 3.8) is 0 Å². The van der Waals surface area contributed by atoms with Gasteiger partial charge in [0.15, 0.2) is 0 Å². The number of hydrogen-bond acceptors (Lipinski definition) is 2. The second-order valence-corrected chi connectivity index (χ2v) is 8.86. The van der Waals surface area contributed by atoms with Gasteiger partial charge < -0.3 is 10.2 Å². The highest BCUT2D eigenvalue weighted by atomic mass is 16.2. The molecule has 0 saturated carbocycles. The van der Waals surface area contributed by atoms with Crippen LogP contribution in [0.15, 0.2) is 48.5 Å². The minimum Gasteiger partial charge on any atom is -0.341 e. The number of carbonyl (C=O) groups excluding carboxylic acids is 2. The van der Waals surface area contributed by atoms with Crippen LogP contribution in [0.3, 0.4) is 0 Å². The lowest BCUT2D eigenvalue weighted by Gasteiger charge is -2.32. The average molecular weight is 405 g/mol. The Kier molecular flexibility index (Phi) is 6.51. The zero-order valence-corrected chi connectivity index (χ0v) is 17.9. The summed E-state index contributed by atoms with van der Waals surface area (Å²) in [6.45, 7) is 3.29. The SMILES string of the molecule is CC(NC(=O)C(=O)N1CCC(Cc2ccccc2)CC1)c1ccc2c(c1)CCCC2. The number of rotatable bonds is 4. The van der Waals surface area contributed by atoms with Gasteiger partial charge in [0.2, 0.25) is 0 Å². The minimum absolute atomic E-state index is 0.163. The van der Waals surface area contributed by atoms with E-state index in [4.69, 9.17) is 0 Å². The number of nitrogens with zero attached hydrogens (tertiary/aromatic N) is 1. The molecule has 4 heteroatoms. The highest BCUT2D eigenvalue weighted by molar-refractivity contribution is 6.35. The normalized spacial score (nSPS) is 17.8. The van der Waals surface area contributed by atoms with Crippen molar-refractivity contribution in [3.8, 4) is 0 Å². The minimum atomic E-state index is -0.485. The summed E-state index contributed by atoms with van der Waals surface area (Å²) in [5.74, 6) is -0.298. The van der Waals surface area contributed by atoms with E-state index in [0.29, 0.717) is 19.0 Å². The van der Waals surface area contributed by atoms with Gasteiger partial charge in [0.1, 0.15) is 0 Å². The predicted octanol–water partition coefficient (Wildman–Crippen LogP) is 4.22. The van der Waals surface area contributed by atoms with Gasteiger partial charge in [-0.25, -0.2) is 0 Å². The van der Waals surface area contributed by atoms with Crippen molar-refractivity contribution in [2.45, 2.75) is 57.9 Å². The van der Waals surface area contributed by atoms with Crippen LogP contribution >= 0.6 is 0 Å². The molecule has 2 aromatic carbocycles. The standard InChI is InChI=1S/C26H32N2O2/c1-19(23-12-11-22-9-5-6-10-24(22)18-23)27-25(29)26(30)28-15-13-21(14-16-28)17-20-7-3-2-4-8-20/h2-4,7-8,11-12,18-19,21H,5-6,9-10,13-17H2,1H3,(H,27,29). The van der Waals surface area contributed by atoms with Crippen molar-refractivity contribution < 1.29 is 9.59 Å². The lowest BCUT2D eigenvalue weighted by atomic mass is 9.89. The molecule has 1 unspecified atom stereocenters. The van der Waals surface area contributed by atoms with Crippen LogP contribution in [0, 0.1) is 5.92 Å². The van der Waals surface area contributed by atoms with Gasteiger partial charge in [0.25, 0.3) is 0 Å². The van der Waals surface area contributed by atoms with E-state index < -0.39 is 11.8 Å². The Balaban J connectivity index is 1.28. The first-order valence-electron chi connectivity index (χ1n) is 11.4. The Morgan fingerprint density at radius 3 is 2.43 bits per heavy atom. The van der Waals surface area contributed by atoms with E-state index >= 15 is 0 Å². The van der Waals surface area contributed by atoms with E-state index in [-0.39, 0.29) is 6.04 Å². The van der Waals surface area contributed by atoms with E-state index in [1.807, 2.05) is 13.0 Å². The molecule has 4 nitrogen and oxygen atoms in total. The number of carbonyl (C=O) groups is 2. The van der Waals surface area contributed by atoms with Crippen LogP contribution in [-0.4, -0.2) is 29.8 Å². The lowest BCUT2D eigenvalue weighted by Crippen LogP contribution is -2.47. The van der Waals surface area contributed by atoms with Gasteiger partial charge in [0.05, 0.1) is 6.04 Å². The molecule has 1 aliphatic heterocycles. The van der Waals surface area contributed by atoms with Crippen LogP contribution < -0.4 is 5.32 Å². The van der Waals surface area contributed by atoms with Crippen molar-refractivity contribution >= 4 is 11.8 Å². The Morgan fingerprint density at radius 2 is 1.70 bits per heavy atom. The maximum atomic E-state index is 12.7. The third kappa shape index (κ3) is 4.92. The molecule has 4 rings (SSSR count).